The Balaban J connectivity index is 1.73. The van der Waals surface area contributed by atoms with Crippen molar-refractivity contribution < 1.29 is 0 Å². The molecule has 92 valence electrons. The van der Waals surface area contributed by atoms with Crippen LogP contribution >= 0.6 is 0 Å². The first kappa shape index (κ1) is 10.6. The minimum Gasteiger partial charge on any atom is -0.378 e. The summed E-state index contributed by atoms with van der Waals surface area (Å²) in [5.74, 6) is 0. The predicted molar refractivity (Wildman–Crippen MR) is 78.3 cm³/mol. The first-order valence-corrected chi connectivity index (χ1v) is 6.59. The normalized spacial score (nSPS) is 17.2. The van der Waals surface area contributed by atoms with E-state index in [2.05, 4.69) is 58.8 Å². The zero-order chi connectivity index (χ0) is 12.7. The highest BCUT2D eigenvalue weighted by atomic mass is 14.9. The van der Waals surface area contributed by atoms with E-state index >= 15 is 0 Å². The predicted octanol–water partition coefficient (Wildman–Crippen LogP) is 3.94. The molecule has 1 aromatic heterocycles. The molecule has 0 fully saturated rings. The second-order valence-corrected chi connectivity index (χ2v) is 5.01. The zero-order valence-corrected chi connectivity index (χ0v) is 10.5. The number of hydrogen-bond acceptors (Lipinski definition) is 2. The molecule has 0 spiro atoms. The number of anilines is 1. The second-order valence-electron chi connectivity index (χ2n) is 5.01. The third kappa shape index (κ3) is 1.76. The Bertz CT molecular complexity index is 724. The number of benzene rings is 2. The van der Waals surface area contributed by atoms with Crippen LogP contribution in [0.2, 0.25) is 0 Å². The van der Waals surface area contributed by atoms with Crippen LogP contribution in [0.25, 0.3) is 10.9 Å². The number of fused-ring (bicyclic) bond motifs is 2. The molecule has 1 aliphatic heterocycles. The molecule has 2 aromatic carbocycles. The fourth-order valence-electron chi connectivity index (χ4n) is 2.81. The van der Waals surface area contributed by atoms with Crippen molar-refractivity contribution in [1.82, 2.24) is 4.98 Å². The summed E-state index contributed by atoms with van der Waals surface area (Å²) in [6.45, 7) is 0. The largest absolute Gasteiger partial charge is 0.378 e. The number of nitrogens with one attached hydrogen (secondary N) is 1. The van der Waals surface area contributed by atoms with Gasteiger partial charge in [-0.1, -0.05) is 30.3 Å². The summed E-state index contributed by atoms with van der Waals surface area (Å²) in [6, 6.07) is 19.5. The van der Waals surface area contributed by atoms with E-state index < -0.39 is 0 Å². The van der Waals surface area contributed by atoms with Gasteiger partial charge in [-0.25, -0.2) is 0 Å². The lowest BCUT2D eigenvalue weighted by molar-refractivity contribution is 0.826. The Morgan fingerprint density at radius 1 is 1.00 bits per heavy atom. The average molecular weight is 246 g/mol. The molecule has 2 nitrogen and oxygen atoms in total. The van der Waals surface area contributed by atoms with Gasteiger partial charge in [0.25, 0.3) is 0 Å². The summed E-state index contributed by atoms with van der Waals surface area (Å²) in [4.78, 5) is 4.37. The van der Waals surface area contributed by atoms with Crippen LogP contribution in [0.4, 0.5) is 5.69 Å². The van der Waals surface area contributed by atoms with Crippen LogP contribution in [0, 0.1) is 0 Å². The quantitative estimate of drug-likeness (QED) is 0.703. The van der Waals surface area contributed by atoms with Crippen molar-refractivity contribution >= 4 is 16.6 Å². The standard InChI is InChI=1S/C17H14N2/c1-2-6-16-13(4-1)11-17(19-16)14-7-8-15-12(10-14)5-3-9-18-15/h1-10,17,19H,11H2. The number of hydrogen-bond donors (Lipinski definition) is 1. The molecule has 0 saturated carbocycles. The van der Waals surface area contributed by atoms with E-state index in [1.54, 1.807) is 0 Å². The molecule has 0 bridgehead atoms. The summed E-state index contributed by atoms with van der Waals surface area (Å²) in [5.41, 5.74) is 5.05. The van der Waals surface area contributed by atoms with E-state index in [9.17, 15) is 0 Å². The molecule has 1 aliphatic rings. The molecule has 4 rings (SSSR count). The van der Waals surface area contributed by atoms with Gasteiger partial charge in [0, 0.05) is 17.3 Å². The van der Waals surface area contributed by atoms with Gasteiger partial charge in [0.1, 0.15) is 0 Å². The molecule has 2 heteroatoms. The van der Waals surface area contributed by atoms with Crippen molar-refractivity contribution in [3.63, 3.8) is 0 Å². The number of para-hydroxylation sites is 1. The monoisotopic (exact) mass is 246 g/mol. The van der Waals surface area contributed by atoms with E-state index in [0.717, 1.165) is 11.9 Å². The van der Waals surface area contributed by atoms with Crippen LogP contribution in [0.15, 0.2) is 60.8 Å². The first-order chi connectivity index (χ1) is 9.40. The second kappa shape index (κ2) is 4.09. The van der Waals surface area contributed by atoms with Gasteiger partial charge in [0.2, 0.25) is 0 Å². The van der Waals surface area contributed by atoms with Crippen molar-refractivity contribution in [1.29, 1.82) is 0 Å². The summed E-state index contributed by atoms with van der Waals surface area (Å²) in [6.07, 6.45) is 2.90. The number of rotatable bonds is 1. The molecule has 1 N–H and O–H groups in total. The van der Waals surface area contributed by atoms with Gasteiger partial charge in [0.15, 0.2) is 0 Å². The van der Waals surface area contributed by atoms with E-state index in [4.69, 9.17) is 0 Å². The van der Waals surface area contributed by atoms with Crippen molar-refractivity contribution in [2.24, 2.45) is 0 Å². The Morgan fingerprint density at radius 2 is 1.95 bits per heavy atom. The van der Waals surface area contributed by atoms with Crippen molar-refractivity contribution in [2.45, 2.75) is 12.5 Å². The molecule has 0 aliphatic carbocycles. The van der Waals surface area contributed by atoms with Gasteiger partial charge >= 0.3 is 0 Å². The lowest BCUT2D eigenvalue weighted by atomic mass is 10.0. The minimum atomic E-state index is 0.377. The fourth-order valence-corrected chi connectivity index (χ4v) is 2.81. The van der Waals surface area contributed by atoms with Crippen LogP contribution < -0.4 is 5.32 Å². The zero-order valence-electron chi connectivity index (χ0n) is 10.5. The van der Waals surface area contributed by atoms with Crippen LogP contribution in [0.1, 0.15) is 17.2 Å². The SMILES string of the molecule is c1ccc2c(c1)CC(c1ccc3ncccc3c1)N2. The topological polar surface area (TPSA) is 24.9 Å². The van der Waals surface area contributed by atoms with Crippen molar-refractivity contribution in [3.8, 4) is 0 Å². The average Bonchev–Trinajstić information content (AvgIpc) is 2.90. The van der Waals surface area contributed by atoms with Crippen molar-refractivity contribution in [3.05, 3.63) is 71.9 Å². The highest BCUT2D eigenvalue weighted by Crippen LogP contribution is 2.34. The lowest BCUT2D eigenvalue weighted by Gasteiger charge is -2.12. The highest BCUT2D eigenvalue weighted by Gasteiger charge is 2.21. The van der Waals surface area contributed by atoms with E-state index in [-0.39, 0.29) is 0 Å². The van der Waals surface area contributed by atoms with Crippen molar-refractivity contribution in [2.75, 3.05) is 5.32 Å². The highest BCUT2D eigenvalue weighted by molar-refractivity contribution is 5.79. The molecule has 0 radical (unpaired) electrons. The molecule has 0 amide bonds. The molecule has 0 saturated heterocycles. The van der Waals surface area contributed by atoms with Crippen LogP contribution in [0.3, 0.4) is 0 Å². The maximum Gasteiger partial charge on any atom is 0.0702 e. The van der Waals surface area contributed by atoms with Crippen LogP contribution in [-0.4, -0.2) is 4.98 Å². The number of pyridine rings is 1. The summed E-state index contributed by atoms with van der Waals surface area (Å²) >= 11 is 0. The Kier molecular flexibility index (Phi) is 2.27. The minimum absolute atomic E-state index is 0.377. The smallest absolute Gasteiger partial charge is 0.0702 e. The van der Waals surface area contributed by atoms with Gasteiger partial charge in [-0.15, -0.1) is 0 Å². The molecule has 19 heavy (non-hydrogen) atoms. The molecular weight excluding hydrogens is 232 g/mol. The summed E-state index contributed by atoms with van der Waals surface area (Å²) < 4.78 is 0. The maximum atomic E-state index is 4.37. The van der Waals surface area contributed by atoms with Gasteiger partial charge in [-0.2, -0.15) is 0 Å². The molecule has 2 heterocycles. The van der Waals surface area contributed by atoms with Crippen LogP contribution in [0.5, 0.6) is 0 Å². The van der Waals surface area contributed by atoms with E-state index in [0.29, 0.717) is 6.04 Å². The number of aromatic nitrogens is 1. The van der Waals surface area contributed by atoms with E-state index in [1.807, 2.05) is 12.3 Å². The molecule has 1 unspecified atom stereocenters. The third-order valence-electron chi connectivity index (χ3n) is 3.80. The van der Waals surface area contributed by atoms with Gasteiger partial charge < -0.3 is 5.32 Å². The number of nitrogens with zero attached hydrogens (tertiary/aromatic N) is 1. The summed E-state index contributed by atoms with van der Waals surface area (Å²) in [7, 11) is 0. The van der Waals surface area contributed by atoms with Crippen LogP contribution in [-0.2, 0) is 6.42 Å². The Morgan fingerprint density at radius 3 is 2.89 bits per heavy atom. The Labute approximate surface area is 112 Å². The van der Waals surface area contributed by atoms with Gasteiger partial charge in [-0.3, -0.25) is 4.98 Å². The van der Waals surface area contributed by atoms with Gasteiger partial charge in [0.05, 0.1) is 11.6 Å². The molecular formula is C17H14N2. The Hall–Kier alpha value is -2.35. The summed E-state index contributed by atoms with van der Waals surface area (Å²) in [5, 5.41) is 4.80. The molecule has 3 aromatic rings. The lowest BCUT2D eigenvalue weighted by Crippen LogP contribution is -2.05. The maximum absolute atomic E-state index is 4.37. The van der Waals surface area contributed by atoms with E-state index in [1.165, 1.54) is 22.2 Å². The fraction of sp³-hybridized carbons (Fsp3) is 0.118. The first-order valence-electron chi connectivity index (χ1n) is 6.59. The van der Waals surface area contributed by atoms with Gasteiger partial charge in [-0.05, 0) is 41.8 Å². The molecule has 1 atom stereocenters. The third-order valence-corrected chi connectivity index (χ3v) is 3.80.